The Morgan fingerprint density at radius 1 is 0.521 bits per heavy atom. The van der Waals surface area contributed by atoms with Crippen molar-refractivity contribution in [3.63, 3.8) is 0 Å². The van der Waals surface area contributed by atoms with Crippen LogP contribution >= 0.6 is 0 Å². The molecule has 0 saturated carbocycles. The van der Waals surface area contributed by atoms with Gasteiger partial charge in [0.2, 0.25) is 11.8 Å². The number of unbranched alkanes of at least 4 members (excludes halogenated alkanes) is 3. The normalized spacial score (nSPS) is 12.5. The van der Waals surface area contributed by atoms with Gasteiger partial charge in [-0.25, -0.2) is 10.5 Å². The van der Waals surface area contributed by atoms with Gasteiger partial charge < -0.3 is 20.4 Å². The molecule has 2 aromatic rings. The third-order valence-corrected chi connectivity index (χ3v) is 8.74. The van der Waals surface area contributed by atoms with Crippen LogP contribution in [0, 0.1) is 0 Å². The van der Waals surface area contributed by atoms with Crippen molar-refractivity contribution in [2.24, 2.45) is 0 Å². The second kappa shape index (κ2) is 17.0. The van der Waals surface area contributed by atoms with Crippen molar-refractivity contribution in [3.05, 3.63) is 57.6 Å². The highest BCUT2D eigenvalue weighted by molar-refractivity contribution is 5.76. The van der Waals surface area contributed by atoms with Gasteiger partial charge in [0.05, 0.1) is 0 Å². The van der Waals surface area contributed by atoms with Gasteiger partial charge in [0.1, 0.15) is 0 Å². The van der Waals surface area contributed by atoms with E-state index in [1.54, 1.807) is 0 Å². The second-order valence-electron chi connectivity index (χ2n) is 17.3. The molecule has 8 nitrogen and oxygen atoms in total. The molecule has 0 aliphatic rings. The lowest BCUT2D eigenvalue weighted by Crippen LogP contribution is -2.25. The Morgan fingerprint density at radius 2 is 0.792 bits per heavy atom. The molecule has 0 saturated heterocycles. The number of rotatable bonds is 15. The zero-order chi connectivity index (χ0) is 36.5. The molecule has 0 aliphatic carbocycles. The summed E-state index contributed by atoms with van der Waals surface area (Å²) >= 11 is 0. The summed E-state index contributed by atoms with van der Waals surface area (Å²) in [7, 11) is 0. The molecule has 2 amide bonds. The molecule has 8 heteroatoms. The van der Waals surface area contributed by atoms with Crippen molar-refractivity contribution in [2.75, 3.05) is 13.1 Å². The first-order valence-electron chi connectivity index (χ1n) is 17.6. The lowest BCUT2D eigenvalue weighted by atomic mass is 9.78. The Labute approximate surface area is 290 Å². The average Bonchev–Trinajstić information content (AvgIpc) is 2.97. The van der Waals surface area contributed by atoms with Gasteiger partial charge in [-0.3, -0.25) is 9.59 Å². The van der Waals surface area contributed by atoms with E-state index in [9.17, 15) is 20.1 Å². The third kappa shape index (κ3) is 12.4. The number of nitrogens with one attached hydrogen (secondary N) is 2. The number of amides is 2. The van der Waals surface area contributed by atoms with Crippen molar-refractivity contribution in [1.29, 1.82) is 0 Å². The molecule has 0 unspecified atom stereocenters. The molecule has 0 bridgehead atoms. The minimum absolute atomic E-state index is 0.0298. The summed E-state index contributed by atoms with van der Waals surface area (Å²) in [6, 6.07) is 8.18. The first-order chi connectivity index (χ1) is 22.1. The van der Waals surface area contributed by atoms with Gasteiger partial charge in [0, 0.05) is 48.2 Å². The van der Waals surface area contributed by atoms with Crippen LogP contribution in [-0.2, 0) is 44.1 Å². The number of carbonyl (C=O) groups excluding carboxylic acids is 2. The maximum absolute atomic E-state index is 12.6. The molecule has 0 fully saturated rings. The fourth-order valence-electron chi connectivity index (χ4n) is 5.84. The van der Waals surface area contributed by atoms with Gasteiger partial charge in [-0.05, 0) is 58.5 Å². The predicted octanol–water partition coefficient (Wildman–Crippen LogP) is 8.94. The van der Waals surface area contributed by atoms with E-state index in [2.05, 4.69) is 93.7 Å². The van der Waals surface area contributed by atoms with Crippen LogP contribution in [-0.4, -0.2) is 35.4 Å². The minimum Gasteiger partial charge on any atom is -0.356 e. The molecule has 270 valence electrons. The standard InChI is InChI=1S/C40H64N2O6/c1-37(2,3)29-23-27(24-30(35(29)47-45)38(4,5)6)17-19-33(43)41-21-15-13-14-16-22-42-34(44)20-18-28-25-31(39(7,8)9)36(48-46)32(26-28)40(10,11)12/h23-26,45-46H,13-22H2,1-12H3,(H,41,43)(H,42,44). The highest BCUT2D eigenvalue weighted by Crippen LogP contribution is 2.42. The summed E-state index contributed by atoms with van der Waals surface area (Å²) in [6.07, 6.45) is 5.76. The number of hydrogen-bond donors (Lipinski definition) is 4. The molecule has 0 atom stereocenters. The zero-order valence-electron chi connectivity index (χ0n) is 31.9. The Balaban J connectivity index is 1.75. The first kappa shape index (κ1) is 41.1. The van der Waals surface area contributed by atoms with Crippen LogP contribution in [0.3, 0.4) is 0 Å². The van der Waals surface area contributed by atoms with Crippen molar-refractivity contribution in [3.8, 4) is 11.5 Å². The smallest absolute Gasteiger partial charge is 0.220 e. The van der Waals surface area contributed by atoms with Crippen molar-refractivity contribution in [2.45, 2.75) is 156 Å². The van der Waals surface area contributed by atoms with Gasteiger partial charge in [-0.2, -0.15) is 0 Å². The minimum atomic E-state index is -0.226. The van der Waals surface area contributed by atoms with E-state index in [0.717, 1.165) is 59.1 Å². The molecule has 48 heavy (non-hydrogen) atoms. The molecule has 0 aromatic heterocycles. The molecular weight excluding hydrogens is 604 g/mol. The zero-order valence-corrected chi connectivity index (χ0v) is 31.9. The van der Waals surface area contributed by atoms with Crippen LogP contribution in [0.4, 0.5) is 0 Å². The van der Waals surface area contributed by atoms with E-state index in [4.69, 9.17) is 9.78 Å². The summed E-state index contributed by atoms with van der Waals surface area (Å²) in [5.41, 5.74) is 4.92. The van der Waals surface area contributed by atoms with Crippen LogP contribution in [0.5, 0.6) is 11.5 Å². The van der Waals surface area contributed by atoms with Crippen molar-refractivity contribution in [1.82, 2.24) is 10.6 Å². The number of benzene rings is 2. The molecule has 2 rings (SSSR count). The van der Waals surface area contributed by atoms with Crippen molar-refractivity contribution >= 4 is 11.8 Å². The van der Waals surface area contributed by atoms with E-state index in [0.29, 0.717) is 50.3 Å². The van der Waals surface area contributed by atoms with E-state index in [-0.39, 0.29) is 33.5 Å². The number of hydrogen-bond acceptors (Lipinski definition) is 6. The summed E-state index contributed by atoms with van der Waals surface area (Å²) in [5, 5.41) is 25.5. The second-order valence-corrected chi connectivity index (χ2v) is 17.3. The quantitative estimate of drug-likeness (QED) is 0.0855. The molecule has 0 radical (unpaired) electrons. The maximum Gasteiger partial charge on any atom is 0.220 e. The van der Waals surface area contributed by atoms with E-state index >= 15 is 0 Å². The summed E-state index contributed by atoms with van der Waals surface area (Å²) in [5.74, 6) is 1.07. The van der Waals surface area contributed by atoms with E-state index < -0.39 is 0 Å². The Morgan fingerprint density at radius 3 is 1.02 bits per heavy atom. The number of carbonyl (C=O) groups is 2. The molecule has 0 heterocycles. The Bertz CT molecular complexity index is 1190. The molecule has 0 aliphatic heterocycles. The Hall–Kier alpha value is -3.10. The Kier molecular flexibility index (Phi) is 14.6. The topological polar surface area (TPSA) is 117 Å². The van der Waals surface area contributed by atoms with Gasteiger partial charge in [0.25, 0.3) is 0 Å². The van der Waals surface area contributed by atoms with Gasteiger partial charge in [-0.15, -0.1) is 0 Å². The van der Waals surface area contributed by atoms with Crippen LogP contribution in [0.1, 0.15) is 155 Å². The molecule has 4 N–H and O–H groups in total. The summed E-state index contributed by atoms with van der Waals surface area (Å²) in [6.45, 7) is 26.3. The molecular formula is C40H64N2O6. The molecule has 0 spiro atoms. The highest BCUT2D eigenvalue weighted by Gasteiger charge is 2.30. The lowest BCUT2D eigenvalue weighted by Gasteiger charge is -2.29. The van der Waals surface area contributed by atoms with E-state index in [1.807, 2.05) is 24.3 Å². The van der Waals surface area contributed by atoms with Crippen LogP contribution in [0.25, 0.3) is 0 Å². The van der Waals surface area contributed by atoms with Gasteiger partial charge in [0.15, 0.2) is 11.5 Å². The van der Waals surface area contributed by atoms with Crippen LogP contribution in [0.2, 0.25) is 0 Å². The fourth-order valence-corrected chi connectivity index (χ4v) is 5.84. The average molecular weight is 669 g/mol. The predicted molar refractivity (Wildman–Crippen MR) is 195 cm³/mol. The van der Waals surface area contributed by atoms with Gasteiger partial charge in [-0.1, -0.05) is 120 Å². The molecule has 2 aromatic carbocycles. The summed E-state index contributed by atoms with van der Waals surface area (Å²) < 4.78 is 0. The van der Waals surface area contributed by atoms with Crippen LogP contribution < -0.4 is 20.4 Å². The van der Waals surface area contributed by atoms with Gasteiger partial charge >= 0.3 is 0 Å². The summed E-state index contributed by atoms with van der Waals surface area (Å²) in [4.78, 5) is 35.0. The van der Waals surface area contributed by atoms with Crippen LogP contribution in [0.15, 0.2) is 24.3 Å². The maximum atomic E-state index is 12.6. The monoisotopic (exact) mass is 668 g/mol. The lowest BCUT2D eigenvalue weighted by molar-refractivity contribution is -0.140. The highest BCUT2D eigenvalue weighted by atomic mass is 17.1. The van der Waals surface area contributed by atoms with Crippen molar-refractivity contribution < 1.29 is 29.9 Å². The fraction of sp³-hybridized carbons (Fsp3) is 0.650. The SMILES string of the molecule is CC(C)(C)c1cc(CCC(=O)NCCCCCCNC(=O)CCc2cc(C(C)(C)C)c(OO)c(C(C)(C)C)c2)cc(C(C)(C)C)c1OO. The third-order valence-electron chi connectivity index (χ3n) is 8.74. The largest absolute Gasteiger partial charge is 0.356 e. The van der Waals surface area contributed by atoms with E-state index in [1.165, 1.54) is 0 Å². The first-order valence-corrected chi connectivity index (χ1v) is 17.6. The number of aryl methyl sites for hydroxylation is 2.